The van der Waals surface area contributed by atoms with Crippen LogP contribution in [-0.4, -0.2) is 43.4 Å². The van der Waals surface area contributed by atoms with Gasteiger partial charge in [0.1, 0.15) is 10.7 Å². The molecule has 4 rings (SSSR count). The molecule has 1 aromatic carbocycles. The van der Waals surface area contributed by atoms with E-state index in [0.717, 1.165) is 31.7 Å². The van der Waals surface area contributed by atoms with Crippen molar-refractivity contribution in [3.63, 3.8) is 0 Å². The van der Waals surface area contributed by atoms with Crippen molar-refractivity contribution in [1.82, 2.24) is 14.7 Å². The standard InChI is InChI=1S/C22H26FN7O3S/c1-26-34(32,33)18-8-4-5-12-9-13(11-27-19(12)18)28-21-14(20(25)31)10-15(23)22(30-21)29-17-7-3-2-6-16(17)24/h4-5,8-11,16-17,26H,2-3,6-7,24H2,1H3,(H2,25,31)(H2,28,29,30). The van der Waals surface area contributed by atoms with Crippen LogP contribution in [0.1, 0.15) is 36.0 Å². The second kappa shape index (κ2) is 9.49. The van der Waals surface area contributed by atoms with Gasteiger partial charge in [-0.15, -0.1) is 0 Å². The van der Waals surface area contributed by atoms with Gasteiger partial charge in [-0.2, -0.15) is 0 Å². The van der Waals surface area contributed by atoms with E-state index in [2.05, 4.69) is 25.3 Å². The Labute approximate surface area is 196 Å². The minimum atomic E-state index is -3.71. The van der Waals surface area contributed by atoms with Crippen molar-refractivity contribution in [2.45, 2.75) is 42.7 Å². The van der Waals surface area contributed by atoms with Gasteiger partial charge in [-0.3, -0.25) is 9.78 Å². The first-order valence-electron chi connectivity index (χ1n) is 10.8. The molecule has 0 spiro atoms. The number of primary amides is 1. The maximum atomic E-state index is 14.7. The SMILES string of the molecule is CNS(=O)(=O)c1cccc2cc(Nc3nc(NC4CCCCC4N)c(F)cc3C(N)=O)cnc12. The maximum absolute atomic E-state index is 14.7. The molecule has 0 saturated heterocycles. The summed E-state index contributed by atoms with van der Waals surface area (Å²) in [7, 11) is -2.39. The summed E-state index contributed by atoms with van der Waals surface area (Å²) in [5.74, 6) is -1.56. The van der Waals surface area contributed by atoms with E-state index in [-0.39, 0.29) is 39.7 Å². The first-order chi connectivity index (χ1) is 16.2. The predicted octanol–water partition coefficient (Wildman–Crippen LogP) is 2.20. The molecule has 0 aliphatic heterocycles. The molecule has 1 aliphatic carbocycles. The number of pyridine rings is 2. The van der Waals surface area contributed by atoms with Crippen LogP contribution in [0.4, 0.5) is 21.7 Å². The summed E-state index contributed by atoms with van der Waals surface area (Å²) in [6, 6.07) is 7.16. The Morgan fingerprint density at radius 2 is 1.94 bits per heavy atom. The van der Waals surface area contributed by atoms with Gasteiger partial charge in [-0.1, -0.05) is 25.0 Å². The van der Waals surface area contributed by atoms with Gasteiger partial charge in [0.15, 0.2) is 11.6 Å². The third-order valence-corrected chi connectivity index (χ3v) is 7.32. The lowest BCUT2D eigenvalue weighted by atomic mass is 9.91. The van der Waals surface area contributed by atoms with Gasteiger partial charge in [-0.25, -0.2) is 22.5 Å². The highest BCUT2D eigenvalue weighted by molar-refractivity contribution is 7.89. The van der Waals surface area contributed by atoms with Crippen LogP contribution in [0.25, 0.3) is 10.9 Å². The lowest BCUT2D eigenvalue weighted by molar-refractivity contribution is 0.100. The van der Waals surface area contributed by atoms with Crippen LogP contribution in [0, 0.1) is 5.82 Å². The molecular formula is C22H26FN7O3S. The largest absolute Gasteiger partial charge is 0.365 e. The lowest BCUT2D eigenvalue weighted by Crippen LogP contribution is -2.43. The molecule has 10 nitrogen and oxygen atoms in total. The summed E-state index contributed by atoms with van der Waals surface area (Å²) in [6.07, 6.45) is 5.02. The molecule has 1 amide bonds. The molecule has 3 aromatic rings. The number of carbonyl (C=O) groups excluding carboxylic acids is 1. The highest BCUT2D eigenvalue weighted by Crippen LogP contribution is 2.28. The van der Waals surface area contributed by atoms with E-state index >= 15 is 0 Å². The minimum Gasteiger partial charge on any atom is -0.365 e. The van der Waals surface area contributed by atoms with Gasteiger partial charge in [0, 0.05) is 17.5 Å². The topological polar surface area (TPSA) is 165 Å². The monoisotopic (exact) mass is 487 g/mol. The molecule has 2 atom stereocenters. The zero-order chi connectivity index (χ0) is 24.5. The molecule has 2 unspecified atom stereocenters. The predicted molar refractivity (Wildman–Crippen MR) is 128 cm³/mol. The van der Waals surface area contributed by atoms with Crippen LogP contribution >= 0.6 is 0 Å². The summed E-state index contributed by atoms with van der Waals surface area (Å²) in [4.78, 5) is 20.6. The summed E-state index contributed by atoms with van der Waals surface area (Å²) in [6.45, 7) is 0. The number of sulfonamides is 1. The van der Waals surface area contributed by atoms with Crippen LogP contribution in [0.15, 0.2) is 41.4 Å². The van der Waals surface area contributed by atoms with Gasteiger partial charge in [0.2, 0.25) is 10.0 Å². The number of amides is 1. The number of rotatable bonds is 7. The number of halogens is 1. The average molecular weight is 488 g/mol. The Morgan fingerprint density at radius 1 is 1.18 bits per heavy atom. The summed E-state index contributed by atoms with van der Waals surface area (Å²) in [5, 5.41) is 6.55. The smallest absolute Gasteiger partial charge is 0.252 e. The number of benzene rings is 1. The Kier molecular flexibility index (Phi) is 6.64. The number of carbonyl (C=O) groups is 1. The van der Waals surface area contributed by atoms with Crippen LogP contribution in [0.5, 0.6) is 0 Å². The number of hydrogen-bond donors (Lipinski definition) is 5. The molecule has 12 heteroatoms. The zero-order valence-electron chi connectivity index (χ0n) is 18.5. The zero-order valence-corrected chi connectivity index (χ0v) is 19.3. The third-order valence-electron chi connectivity index (χ3n) is 5.88. The summed E-state index contributed by atoms with van der Waals surface area (Å²) in [5.41, 5.74) is 12.2. The fourth-order valence-corrected chi connectivity index (χ4v) is 4.96. The second-order valence-corrected chi connectivity index (χ2v) is 10.0. The van der Waals surface area contributed by atoms with E-state index in [1.165, 1.54) is 19.3 Å². The Hall–Kier alpha value is -3.35. The first kappa shape index (κ1) is 23.8. The number of nitrogens with zero attached hydrogens (tertiary/aromatic N) is 2. The minimum absolute atomic E-state index is 0.0343. The molecule has 180 valence electrons. The molecule has 1 aliphatic rings. The van der Waals surface area contributed by atoms with Crippen LogP contribution < -0.4 is 26.8 Å². The number of hydrogen-bond acceptors (Lipinski definition) is 8. The Balaban J connectivity index is 1.70. The molecule has 7 N–H and O–H groups in total. The Bertz CT molecular complexity index is 1350. The van der Waals surface area contributed by atoms with Gasteiger partial charge in [0.05, 0.1) is 23.0 Å². The number of para-hydroxylation sites is 1. The first-order valence-corrected chi connectivity index (χ1v) is 12.3. The normalized spacial score (nSPS) is 18.6. The van der Waals surface area contributed by atoms with E-state index in [1.807, 2.05) is 0 Å². The van der Waals surface area contributed by atoms with E-state index < -0.39 is 21.7 Å². The van der Waals surface area contributed by atoms with Crippen molar-refractivity contribution in [3.8, 4) is 0 Å². The Morgan fingerprint density at radius 3 is 2.65 bits per heavy atom. The van der Waals surface area contributed by atoms with Gasteiger partial charge >= 0.3 is 0 Å². The molecule has 34 heavy (non-hydrogen) atoms. The van der Waals surface area contributed by atoms with Crippen LogP contribution in [0.3, 0.4) is 0 Å². The van der Waals surface area contributed by atoms with Crippen molar-refractivity contribution in [2.75, 3.05) is 17.7 Å². The van der Waals surface area contributed by atoms with Crippen molar-refractivity contribution in [3.05, 3.63) is 47.9 Å². The molecular weight excluding hydrogens is 461 g/mol. The highest BCUT2D eigenvalue weighted by Gasteiger charge is 2.24. The molecule has 1 saturated carbocycles. The number of aromatic nitrogens is 2. The van der Waals surface area contributed by atoms with E-state index in [1.54, 1.807) is 18.2 Å². The number of nitrogens with two attached hydrogens (primary N) is 2. The lowest BCUT2D eigenvalue weighted by Gasteiger charge is -2.30. The maximum Gasteiger partial charge on any atom is 0.252 e. The van der Waals surface area contributed by atoms with E-state index in [9.17, 15) is 17.6 Å². The number of fused-ring (bicyclic) bond motifs is 1. The van der Waals surface area contributed by atoms with Crippen molar-refractivity contribution in [2.24, 2.45) is 11.5 Å². The fourth-order valence-electron chi connectivity index (χ4n) is 4.05. The van der Waals surface area contributed by atoms with Gasteiger partial charge in [0.25, 0.3) is 5.91 Å². The molecule has 0 bridgehead atoms. The summed E-state index contributed by atoms with van der Waals surface area (Å²) >= 11 is 0. The molecule has 2 heterocycles. The van der Waals surface area contributed by atoms with Crippen LogP contribution in [-0.2, 0) is 10.0 Å². The van der Waals surface area contributed by atoms with Crippen LogP contribution in [0.2, 0.25) is 0 Å². The van der Waals surface area contributed by atoms with Crippen molar-refractivity contribution in [1.29, 1.82) is 0 Å². The van der Waals surface area contributed by atoms with Gasteiger partial charge < -0.3 is 22.1 Å². The van der Waals surface area contributed by atoms with E-state index in [0.29, 0.717) is 11.1 Å². The second-order valence-electron chi connectivity index (χ2n) is 8.16. The van der Waals surface area contributed by atoms with Crippen molar-refractivity contribution >= 4 is 44.2 Å². The number of nitrogens with one attached hydrogen (secondary N) is 3. The van der Waals surface area contributed by atoms with Gasteiger partial charge in [-0.05, 0) is 38.1 Å². The molecule has 0 radical (unpaired) electrons. The average Bonchev–Trinajstić information content (AvgIpc) is 2.81. The third kappa shape index (κ3) is 4.79. The summed E-state index contributed by atoms with van der Waals surface area (Å²) < 4.78 is 41.6. The molecule has 1 fully saturated rings. The number of anilines is 3. The molecule has 2 aromatic heterocycles. The fraction of sp³-hybridized carbons (Fsp3) is 0.318. The van der Waals surface area contributed by atoms with E-state index in [4.69, 9.17) is 11.5 Å². The van der Waals surface area contributed by atoms with Crippen molar-refractivity contribution < 1.29 is 17.6 Å². The highest BCUT2D eigenvalue weighted by atomic mass is 32.2. The quantitative estimate of drug-likeness (QED) is 0.338.